The van der Waals surface area contributed by atoms with Crippen molar-refractivity contribution in [2.45, 2.75) is 12.3 Å². The smallest absolute Gasteiger partial charge is 0.311 e. The van der Waals surface area contributed by atoms with Crippen molar-refractivity contribution in [1.29, 1.82) is 0 Å². The molecule has 0 radical (unpaired) electrons. The minimum atomic E-state index is -1.01. The zero-order valence-corrected chi connectivity index (χ0v) is 12.4. The van der Waals surface area contributed by atoms with Gasteiger partial charge in [0.1, 0.15) is 0 Å². The van der Waals surface area contributed by atoms with Gasteiger partial charge in [-0.05, 0) is 35.7 Å². The van der Waals surface area contributed by atoms with Crippen LogP contribution in [-0.2, 0) is 11.2 Å². The van der Waals surface area contributed by atoms with Gasteiger partial charge >= 0.3 is 11.7 Å². The Bertz CT molecular complexity index is 728. The number of hydrogen-bond donors (Lipinski definition) is 2. The van der Waals surface area contributed by atoms with Crippen LogP contribution in [0.25, 0.3) is 0 Å². The first-order valence-electron chi connectivity index (χ1n) is 6.82. The number of rotatable bonds is 6. The maximum Gasteiger partial charge on any atom is 0.311 e. The molecule has 0 amide bonds. The molecule has 3 N–H and O–H groups in total. The second-order valence-corrected chi connectivity index (χ2v) is 5.02. The summed E-state index contributed by atoms with van der Waals surface area (Å²) in [4.78, 5) is 22.0. The number of nitro groups is 1. The predicted molar refractivity (Wildman–Crippen MR) is 84.6 cm³/mol. The summed E-state index contributed by atoms with van der Waals surface area (Å²) in [5.41, 5.74) is 7.09. The van der Waals surface area contributed by atoms with Crippen LogP contribution < -0.4 is 10.5 Å². The van der Waals surface area contributed by atoms with Gasteiger partial charge < -0.3 is 15.6 Å². The highest BCUT2D eigenvalue weighted by Crippen LogP contribution is 2.30. The molecule has 2 aromatic carbocycles. The van der Waals surface area contributed by atoms with E-state index in [-0.39, 0.29) is 17.9 Å². The third kappa shape index (κ3) is 3.76. The summed E-state index contributed by atoms with van der Waals surface area (Å²) in [7, 11) is 1.34. The molecule has 0 aliphatic carbocycles. The largest absolute Gasteiger partial charge is 0.490 e. The average Bonchev–Trinajstić information content (AvgIpc) is 2.53. The summed E-state index contributed by atoms with van der Waals surface area (Å²) in [5.74, 6) is -1.69. The van der Waals surface area contributed by atoms with Gasteiger partial charge in [0, 0.05) is 11.8 Å². The van der Waals surface area contributed by atoms with Crippen molar-refractivity contribution in [1.82, 2.24) is 0 Å². The van der Waals surface area contributed by atoms with Gasteiger partial charge in [0.05, 0.1) is 18.0 Å². The van der Waals surface area contributed by atoms with Crippen LogP contribution >= 0.6 is 0 Å². The van der Waals surface area contributed by atoms with Crippen molar-refractivity contribution in [3.05, 3.63) is 63.7 Å². The molecule has 0 aromatic heterocycles. The van der Waals surface area contributed by atoms with Crippen molar-refractivity contribution < 1.29 is 19.6 Å². The third-order valence-corrected chi connectivity index (χ3v) is 3.52. The van der Waals surface area contributed by atoms with E-state index in [1.54, 1.807) is 30.3 Å². The van der Waals surface area contributed by atoms with Gasteiger partial charge in [-0.15, -0.1) is 0 Å². The van der Waals surface area contributed by atoms with Crippen LogP contribution in [0, 0.1) is 10.1 Å². The lowest BCUT2D eigenvalue weighted by atomic mass is 9.91. The SMILES string of the molecule is COc1ccc(CC(C(=O)O)c2ccc(N)cc2)cc1[N+](=O)[O-]. The van der Waals surface area contributed by atoms with E-state index in [1.165, 1.54) is 19.2 Å². The number of nitrogens with zero attached hydrogens (tertiary/aromatic N) is 1. The van der Waals surface area contributed by atoms with Gasteiger partial charge in [-0.3, -0.25) is 14.9 Å². The van der Waals surface area contributed by atoms with Crippen LogP contribution in [0.4, 0.5) is 11.4 Å². The summed E-state index contributed by atoms with van der Waals surface area (Å²) in [6.45, 7) is 0. The molecular formula is C16H16N2O5. The molecule has 0 heterocycles. The summed E-state index contributed by atoms with van der Waals surface area (Å²) < 4.78 is 4.94. The number of anilines is 1. The molecule has 0 fully saturated rings. The van der Waals surface area contributed by atoms with Gasteiger partial charge in [0.2, 0.25) is 0 Å². The third-order valence-electron chi connectivity index (χ3n) is 3.52. The number of nitrogens with two attached hydrogens (primary N) is 1. The maximum atomic E-state index is 11.5. The second-order valence-electron chi connectivity index (χ2n) is 5.02. The molecule has 2 rings (SSSR count). The fourth-order valence-corrected chi connectivity index (χ4v) is 2.32. The Morgan fingerprint density at radius 3 is 2.48 bits per heavy atom. The Morgan fingerprint density at radius 1 is 1.30 bits per heavy atom. The molecule has 0 spiro atoms. The number of carboxylic acid groups (broad SMARTS) is 1. The molecule has 1 atom stereocenters. The number of aliphatic carboxylic acids is 1. The molecule has 0 aliphatic heterocycles. The molecule has 0 saturated carbocycles. The summed E-state index contributed by atoms with van der Waals surface area (Å²) in [6.07, 6.45) is 0.129. The topological polar surface area (TPSA) is 116 Å². The first-order valence-corrected chi connectivity index (χ1v) is 6.82. The number of methoxy groups -OCH3 is 1. The van der Waals surface area contributed by atoms with Crippen molar-refractivity contribution in [2.75, 3.05) is 12.8 Å². The van der Waals surface area contributed by atoms with E-state index >= 15 is 0 Å². The first kappa shape index (κ1) is 16.3. The van der Waals surface area contributed by atoms with Crippen LogP contribution in [0.2, 0.25) is 0 Å². The molecule has 2 aromatic rings. The lowest BCUT2D eigenvalue weighted by Gasteiger charge is -2.13. The summed E-state index contributed by atoms with van der Waals surface area (Å²) in [6, 6.07) is 11.0. The number of hydrogen-bond acceptors (Lipinski definition) is 5. The fraction of sp³-hybridized carbons (Fsp3) is 0.188. The standard InChI is InChI=1S/C16H16N2O5/c1-23-15-7-2-10(9-14(15)18(21)22)8-13(16(19)20)11-3-5-12(17)6-4-11/h2-7,9,13H,8,17H2,1H3,(H,19,20). The zero-order valence-electron chi connectivity index (χ0n) is 12.4. The molecule has 0 aliphatic rings. The second kappa shape index (κ2) is 6.78. The highest BCUT2D eigenvalue weighted by atomic mass is 16.6. The van der Waals surface area contributed by atoms with E-state index in [4.69, 9.17) is 10.5 Å². The number of benzene rings is 2. The molecule has 7 nitrogen and oxygen atoms in total. The molecular weight excluding hydrogens is 300 g/mol. The van der Waals surface area contributed by atoms with E-state index in [9.17, 15) is 20.0 Å². The van der Waals surface area contributed by atoms with Crippen molar-refractivity contribution in [3.63, 3.8) is 0 Å². The molecule has 0 saturated heterocycles. The average molecular weight is 316 g/mol. The maximum absolute atomic E-state index is 11.5. The molecule has 23 heavy (non-hydrogen) atoms. The Balaban J connectivity index is 2.34. The minimum Gasteiger partial charge on any atom is -0.490 e. The number of carbonyl (C=O) groups is 1. The van der Waals surface area contributed by atoms with Crippen molar-refractivity contribution in [3.8, 4) is 5.75 Å². The number of carboxylic acids is 1. The van der Waals surface area contributed by atoms with E-state index in [0.29, 0.717) is 16.8 Å². The van der Waals surface area contributed by atoms with Gasteiger partial charge in [-0.1, -0.05) is 18.2 Å². The quantitative estimate of drug-likeness (QED) is 0.481. The minimum absolute atomic E-state index is 0.129. The van der Waals surface area contributed by atoms with Crippen molar-refractivity contribution >= 4 is 17.3 Å². The van der Waals surface area contributed by atoms with Crippen LogP contribution in [0.15, 0.2) is 42.5 Å². The molecule has 120 valence electrons. The van der Waals surface area contributed by atoms with Gasteiger partial charge in [0.15, 0.2) is 5.75 Å². The highest BCUT2D eigenvalue weighted by molar-refractivity contribution is 5.76. The predicted octanol–water partition coefficient (Wildman–Crippen LogP) is 2.60. The molecule has 7 heteroatoms. The van der Waals surface area contributed by atoms with Crippen LogP contribution in [-0.4, -0.2) is 23.1 Å². The van der Waals surface area contributed by atoms with Crippen molar-refractivity contribution in [2.24, 2.45) is 0 Å². The van der Waals surface area contributed by atoms with E-state index in [0.717, 1.165) is 0 Å². The van der Waals surface area contributed by atoms with E-state index < -0.39 is 16.8 Å². The normalized spacial score (nSPS) is 11.7. The Morgan fingerprint density at radius 2 is 1.96 bits per heavy atom. The molecule has 0 bridgehead atoms. The highest BCUT2D eigenvalue weighted by Gasteiger charge is 2.22. The molecule has 1 unspecified atom stereocenters. The first-order chi connectivity index (χ1) is 10.9. The lowest BCUT2D eigenvalue weighted by molar-refractivity contribution is -0.385. The van der Waals surface area contributed by atoms with Crippen LogP contribution in [0.5, 0.6) is 5.75 Å². The van der Waals surface area contributed by atoms with Crippen LogP contribution in [0.3, 0.4) is 0 Å². The summed E-state index contributed by atoms with van der Waals surface area (Å²) >= 11 is 0. The summed E-state index contributed by atoms with van der Waals surface area (Å²) in [5, 5.41) is 20.5. The number of ether oxygens (including phenoxy) is 1. The monoisotopic (exact) mass is 316 g/mol. The Kier molecular flexibility index (Phi) is 4.80. The van der Waals surface area contributed by atoms with Gasteiger partial charge in [-0.2, -0.15) is 0 Å². The lowest BCUT2D eigenvalue weighted by Crippen LogP contribution is -2.14. The van der Waals surface area contributed by atoms with E-state index in [1.807, 2.05) is 0 Å². The zero-order chi connectivity index (χ0) is 17.0. The Hall–Kier alpha value is -3.09. The van der Waals surface area contributed by atoms with Gasteiger partial charge in [0.25, 0.3) is 0 Å². The number of nitrogen functional groups attached to an aromatic ring is 1. The number of nitro benzene ring substituents is 1. The fourth-order valence-electron chi connectivity index (χ4n) is 2.32. The van der Waals surface area contributed by atoms with Gasteiger partial charge in [-0.25, -0.2) is 0 Å². The Labute approximate surface area is 132 Å². The van der Waals surface area contributed by atoms with E-state index in [2.05, 4.69) is 0 Å². The van der Waals surface area contributed by atoms with Crippen LogP contribution in [0.1, 0.15) is 17.0 Å².